The van der Waals surface area contributed by atoms with Crippen LogP contribution in [0.15, 0.2) is 18.2 Å². The topological polar surface area (TPSA) is 73.6 Å². The smallest absolute Gasteiger partial charge is 0.338 e. The fourth-order valence-electron chi connectivity index (χ4n) is 1.58. The van der Waals surface area contributed by atoms with Crippen LogP contribution in [0.25, 0.3) is 0 Å². The maximum Gasteiger partial charge on any atom is 0.338 e. The first-order chi connectivity index (χ1) is 8.58. The number of anilines is 2. The monoisotopic (exact) mass is 252 g/mol. The largest absolute Gasteiger partial charge is 0.462 e. The van der Waals surface area contributed by atoms with Crippen molar-refractivity contribution in [1.29, 1.82) is 0 Å². The van der Waals surface area contributed by atoms with Crippen LogP contribution in [0.1, 0.15) is 24.2 Å². The predicted molar refractivity (Wildman–Crippen MR) is 71.8 cm³/mol. The first kappa shape index (κ1) is 14.3. The molecule has 5 nitrogen and oxygen atoms in total. The highest BCUT2D eigenvalue weighted by molar-refractivity contribution is 5.92. The van der Waals surface area contributed by atoms with E-state index in [1.165, 1.54) is 0 Å². The third-order valence-electron chi connectivity index (χ3n) is 2.38. The molecule has 1 rings (SSSR count). The predicted octanol–water partition coefficient (Wildman–Crippen LogP) is 1.89. The van der Waals surface area contributed by atoms with E-state index in [1.54, 1.807) is 32.2 Å². The molecule has 0 radical (unpaired) electrons. The molecule has 0 saturated carbocycles. The molecule has 5 heteroatoms. The number of hydrogen-bond acceptors (Lipinski definition) is 5. The minimum atomic E-state index is -0.347. The second-order valence-corrected chi connectivity index (χ2v) is 4.02. The molecule has 1 aromatic carbocycles. The first-order valence-corrected chi connectivity index (χ1v) is 5.90. The van der Waals surface area contributed by atoms with Gasteiger partial charge < -0.3 is 20.5 Å². The van der Waals surface area contributed by atoms with Crippen molar-refractivity contribution in [2.45, 2.75) is 19.9 Å². The molecule has 0 heterocycles. The van der Waals surface area contributed by atoms with E-state index in [0.717, 1.165) is 0 Å². The fraction of sp³-hybridized carbons (Fsp3) is 0.462. The second-order valence-electron chi connectivity index (χ2n) is 4.02. The average Bonchev–Trinajstić information content (AvgIpc) is 2.32. The molecule has 0 fully saturated rings. The van der Waals surface area contributed by atoms with Gasteiger partial charge in [-0.2, -0.15) is 0 Å². The molecule has 100 valence electrons. The normalized spacial score (nSPS) is 11.9. The van der Waals surface area contributed by atoms with Crippen molar-refractivity contribution in [1.82, 2.24) is 0 Å². The molecule has 0 aromatic heterocycles. The lowest BCUT2D eigenvalue weighted by atomic mass is 10.1. The number of hydrogen-bond donors (Lipinski definition) is 2. The highest BCUT2D eigenvalue weighted by atomic mass is 16.5. The number of carbonyl (C=O) groups is 1. The third-order valence-corrected chi connectivity index (χ3v) is 2.38. The van der Waals surface area contributed by atoms with E-state index in [9.17, 15) is 4.79 Å². The highest BCUT2D eigenvalue weighted by Crippen LogP contribution is 2.21. The quantitative estimate of drug-likeness (QED) is 0.597. The van der Waals surface area contributed by atoms with Crippen LogP contribution in [0, 0.1) is 0 Å². The van der Waals surface area contributed by atoms with Gasteiger partial charge in [-0.3, -0.25) is 0 Å². The number of carbonyl (C=O) groups excluding carboxylic acids is 1. The van der Waals surface area contributed by atoms with Crippen molar-refractivity contribution in [3.05, 3.63) is 23.8 Å². The van der Waals surface area contributed by atoms with Gasteiger partial charge >= 0.3 is 5.97 Å². The molecule has 0 aliphatic heterocycles. The summed E-state index contributed by atoms with van der Waals surface area (Å²) in [6.07, 6.45) is 0. The summed E-state index contributed by atoms with van der Waals surface area (Å²) in [7, 11) is 1.64. The van der Waals surface area contributed by atoms with E-state index in [0.29, 0.717) is 30.2 Å². The zero-order valence-corrected chi connectivity index (χ0v) is 11.0. The molecule has 0 aliphatic rings. The molecule has 0 bridgehead atoms. The molecule has 1 unspecified atom stereocenters. The maximum atomic E-state index is 11.6. The Morgan fingerprint density at radius 3 is 2.83 bits per heavy atom. The van der Waals surface area contributed by atoms with Gasteiger partial charge in [0.05, 0.1) is 30.2 Å². The summed E-state index contributed by atoms with van der Waals surface area (Å²) in [6.45, 7) is 4.66. The van der Waals surface area contributed by atoms with Gasteiger partial charge in [0.2, 0.25) is 0 Å². The number of methoxy groups -OCH3 is 1. The Kier molecular flexibility index (Phi) is 5.45. The molecule has 0 amide bonds. The zero-order valence-electron chi connectivity index (χ0n) is 11.0. The molecule has 0 aliphatic carbocycles. The Balaban J connectivity index is 2.84. The van der Waals surface area contributed by atoms with Gasteiger partial charge in [0.15, 0.2) is 0 Å². The van der Waals surface area contributed by atoms with Crippen LogP contribution in [-0.4, -0.2) is 32.3 Å². The first-order valence-electron chi connectivity index (χ1n) is 5.90. The zero-order chi connectivity index (χ0) is 13.5. The summed E-state index contributed by atoms with van der Waals surface area (Å²) < 4.78 is 9.98. The van der Waals surface area contributed by atoms with Crippen molar-refractivity contribution >= 4 is 17.3 Å². The van der Waals surface area contributed by atoms with E-state index in [-0.39, 0.29) is 12.0 Å². The van der Waals surface area contributed by atoms with Crippen LogP contribution >= 0.6 is 0 Å². The van der Waals surface area contributed by atoms with Gasteiger partial charge in [-0.05, 0) is 32.0 Å². The van der Waals surface area contributed by atoms with Crippen molar-refractivity contribution in [3.8, 4) is 0 Å². The summed E-state index contributed by atoms with van der Waals surface area (Å²) in [5.41, 5.74) is 7.64. The summed E-state index contributed by atoms with van der Waals surface area (Å²) >= 11 is 0. The van der Waals surface area contributed by atoms with E-state index in [1.807, 2.05) is 6.92 Å². The Morgan fingerprint density at radius 2 is 2.22 bits per heavy atom. The van der Waals surface area contributed by atoms with Gasteiger partial charge in [0, 0.05) is 13.2 Å². The SMILES string of the molecule is CCOC(=O)c1ccc(N)c(NC(C)COC)c1. The minimum absolute atomic E-state index is 0.106. The summed E-state index contributed by atoms with van der Waals surface area (Å²) in [6, 6.07) is 5.14. The minimum Gasteiger partial charge on any atom is -0.462 e. The van der Waals surface area contributed by atoms with Crippen molar-refractivity contribution in [2.75, 3.05) is 31.4 Å². The van der Waals surface area contributed by atoms with Crippen LogP contribution in [0.3, 0.4) is 0 Å². The molecule has 3 N–H and O–H groups in total. The van der Waals surface area contributed by atoms with Gasteiger partial charge in [0.25, 0.3) is 0 Å². The second kappa shape index (κ2) is 6.86. The summed E-state index contributed by atoms with van der Waals surface area (Å²) in [4.78, 5) is 11.6. The molecule has 18 heavy (non-hydrogen) atoms. The summed E-state index contributed by atoms with van der Waals surface area (Å²) in [5.74, 6) is -0.347. The Hall–Kier alpha value is -1.75. The van der Waals surface area contributed by atoms with Crippen LogP contribution in [0.5, 0.6) is 0 Å². The Morgan fingerprint density at radius 1 is 1.50 bits per heavy atom. The standard InChI is InChI=1S/C13H20N2O3/c1-4-18-13(16)10-5-6-11(14)12(7-10)15-9(2)8-17-3/h5-7,9,15H,4,8,14H2,1-3H3. The van der Waals surface area contributed by atoms with Crippen LogP contribution in [0.4, 0.5) is 11.4 Å². The van der Waals surface area contributed by atoms with E-state index in [2.05, 4.69) is 5.32 Å². The maximum absolute atomic E-state index is 11.6. The van der Waals surface area contributed by atoms with Gasteiger partial charge in [0.1, 0.15) is 0 Å². The van der Waals surface area contributed by atoms with Crippen LogP contribution < -0.4 is 11.1 Å². The number of nitrogen functional groups attached to an aromatic ring is 1. The highest BCUT2D eigenvalue weighted by Gasteiger charge is 2.10. The van der Waals surface area contributed by atoms with Gasteiger partial charge in [-0.1, -0.05) is 0 Å². The molecule has 1 aromatic rings. The number of esters is 1. The van der Waals surface area contributed by atoms with Crippen molar-refractivity contribution < 1.29 is 14.3 Å². The third kappa shape index (κ3) is 3.92. The number of ether oxygens (including phenoxy) is 2. The summed E-state index contributed by atoms with van der Waals surface area (Å²) in [5, 5.41) is 3.19. The number of nitrogens with one attached hydrogen (secondary N) is 1. The number of rotatable bonds is 6. The molecule has 0 saturated heterocycles. The van der Waals surface area contributed by atoms with Crippen LogP contribution in [-0.2, 0) is 9.47 Å². The Labute approximate surface area is 107 Å². The van der Waals surface area contributed by atoms with Gasteiger partial charge in [-0.15, -0.1) is 0 Å². The van der Waals surface area contributed by atoms with E-state index in [4.69, 9.17) is 15.2 Å². The molecule has 0 spiro atoms. The lowest BCUT2D eigenvalue weighted by Gasteiger charge is -2.16. The molecule has 1 atom stereocenters. The van der Waals surface area contributed by atoms with Crippen molar-refractivity contribution in [3.63, 3.8) is 0 Å². The number of nitrogens with two attached hydrogens (primary N) is 1. The fourth-order valence-corrected chi connectivity index (χ4v) is 1.58. The lowest BCUT2D eigenvalue weighted by Crippen LogP contribution is -2.21. The van der Waals surface area contributed by atoms with E-state index >= 15 is 0 Å². The lowest BCUT2D eigenvalue weighted by molar-refractivity contribution is 0.0526. The van der Waals surface area contributed by atoms with Gasteiger partial charge in [-0.25, -0.2) is 4.79 Å². The molecular weight excluding hydrogens is 232 g/mol. The van der Waals surface area contributed by atoms with Crippen LogP contribution in [0.2, 0.25) is 0 Å². The average molecular weight is 252 g/mol. The Bertz CT molecular complexity index is 407. The van der Waals surface area contributed by atoms with Crippen molar-refractivity contribution in [2.24, 2.45) is 0 Å². The molecular formula is C13H20N2O3. The number of benzene rings is 1. The van der Waals surface area contributed by atoms with E-state index < -0.39 is 0 Å².